The third kappa shape index (κ3) is 1.62. The summed E-state index contributed by atoms with van der Waals surface area (Å²) in [6.45, 7) is 1.89. The Morgan fingerprint density at radius 3 is 2.75 bits per heavy atom. The molecule has 0 unspecified atom stereocenters. The van der Waals surface area contributed by atoms with Gasteiger partial charge in [-0.1, -0.05) is 0 Å². The molecule has 1 saturated carbocycles. The molecule has 1 rings (SSSR count). The monoisotopic (exact) mass is 113 g/mol. The van der Waals surface area contributed by atoms with Gasteiger partial charge in [0.15, 0.2) is 0 Å². The van der Waals surface area contributed by atoms with E-state index in [1.165, 1.54) is 19.1 Å². The van der Waals surface area contributed by atoms with Crippen LogP contribution in [0, 0.1) is 5.41 Å². The first-order valence-corrected chi connectivity index (χ1v) is 2.99. The molecule has 2 heteroatoms. The molecule has 0 saturated heterocycles. The van der Waals surface area contributed by atoms with Crippen molar-refractivity contribution >= 4 is 6.21 Å². The minimum Gasteiger partial charge on any atom is -0.370 e. The molecule has 0 bridgehead atoms. The van der Waals surface area contributed by atoms with Crippen molar-refractivity contribution in [3.05, 3.63) is 0 Å². The molecule has 0 aromatic rings. The SMILES string of the molecule is C[C@H](C=N)OC1CC1. The Morgan fingerprint density at radius 2 is 2.38 bits per heavy atom. The minimum absolute atomic E-state index is 0.0301. The van der Waals surface area contributed by atoms with Crippen LogP contribution < -0.4 is 0 Å². The lowest BCUT2D eigenvalue weighted by Crippen LogP contribution is -2.09. The summed E-state index contributed by atoms with van der Waals surface area (Å²) in [4.78, 5) is 0. The first-order valence-electron chi connectivity index (χ1n) is 2.99. The topological polar surface area (TPSA) is 33.1 Å². The summed E-state index contributed by atoms with van der Waals surface area (Å²) in [7, 11) is 0. The van der Waals surface area contributed by atoms with Crippen molar-refractivity contribution in [2.24, 2.45) is 0 Å². The molecule has 1 atom stereocenters. The van der Waals surface area contributed by atoms with Crippen LogP contribution in [-0.2, 0) is 4.74 Å². The second kappa shape index (κ2) is 2.27. The van der Waals surface area contributed by atoms with E-state index in [-0.39, 0.29) is 6.10 Å². The van der Waals surface area contributed by atoms with E-state index in [0.717, 1.165) is 0 Å². The maximum Gasteiger partial charge on any atom is 0.0894 e. The third-order valence-corrected chi connectivity index (χ3v) is 1.17. The van der Waals surface area contributed by atoms with Gasteiger partial charge in [-0.05, 0) is 19.8 Å². The Balaban J connectivity index is 2.06. The van der Waals surface area contributed by atoms with Crippen molar-refractivity contribution in [3.63, 3.8) is 0 Å². The molecule has 1 aliphatic carbocycles. The Hall–Kier alpha value is -0.370. The summed E-state index contributed by atoms with van der Waals surface area (Å²) in [5.41, 5.74) is 0. The van der Waals surface area contributed by atoms with Gasteiger partial charge in [0, 0.05) is 6.21 Å². The highest BCUT2D eigenvalue weighted by Crippen LogP contribution is 2.24. The zero-order valence-corrected chi connectivity index (χ0v) is 5.05. The largest absolute Gasteiger partial charge is 0.370 e. The normalized spacial score (nSPS) is 22.6. The van der Waals surface area contributed by atoms with Crippen LogP contribution in [0.2, 0.25) is 0 Å². The van der Waals surface area contributed by atoms with Gasteiger partial charge in [0.05, 0.1) is 12.2 Å². The molecule has 0 aromatic heterocycles. The van der Waals surface area contributed by atoms with E-state index in [1.54, 1.807) is 0 Å². The van der Waals surface area contributed by atoms with Crippen LogP contribution in [-0.4, -0.2) is 18.4 Å². The Labute approximate surface area is 49.4 Å². The zero-order chi connectivity index (χ0) is 5.98. The fourth-order valence-corrected chi connectivity index (χ4v) is 0.547. The van der Waals surface area contributed by atoms with Gasteiger partial charge in [-0.2, -0.15) is 0 Å². The summed E-state index contributed by atoms with van der Waals surface area (Å²) in [6.07, 6.45) is 4.23. The molecule has 1 fully saturated rings. The predicted molar refractivity (Wildman–Crippen MR) is 32.4 cm³/mol. The number of rotatable bonds is 3. The molecule has 8 heavy (non-hydrogen) atoms. The fraction of sp³-hybridized carbons (Fsp3) is 0.833. The van der Waals surface area contributed by atoms with Gasteiger partial charge in [-0.15, -0.1) is 0 Å². The summed E-state index contributed by atoms with van der Waals surface area (Å²) >= 11 is 0. The molecule has 0 spiro atoms. The maximum absolute atomic E-state index is 6.78. The molecular formula is C6H11NO. The second-order valence-electron chi connectivity index (χ2n) is 2.21. The Bertz CT molecular complexity index is 88.5. The van der Waals surface area contributed by atoms with Gasteiger partial charge in [0.25, 0.3) is 0 Å². The summed E-state index contributed by atoms with van der Waals surface area (Å²) in [6, 6.07) is 0. The van der Waals surface area contributed by atoms with Crippen LogP contribution in [0.3, 0.4) is 0 Å². The molecule has 46 valence electrons. The van der Waals surface area contributed by atoms with Gasteiger partial charge in [0.2, 0.25) is 0 Å². The van der Waals surface area contributed by atoms with Crippen LogP contribution in [0.4, 0.5) is 0 Å². The number of ether oxygens (including phenoxy) is 1. The van der Waals surface area contributed by atoms with Crippen molar-refractivity contribution in [3.8, 4) is 0 Å². The van der Waals surface area contributed by atoms with Crippen LogP contribution >= 0.6 is 0 Å². The fourth-order valence-electron chi connectivity index (χ4n) is 0.547. The van der Waals surface area contributed by atoms with Gasteiger partial charge in [-0.3, -0.25) is 0 Å². The minimum atomic E-state index is 0.0301. The molecule has 0 aromatic carbocycles. The van der Waals surface area contributed by atoms with Crippen molar-refractivity contribution in [1.29, 1.82) is 5.41 Å². The molecule has 2 nitrogen and oxygen atoms in total. The number of hydrogen-bond donors (Lipinski definition) is 1. The van der Waals surface area contributed by atoms with E-state index in [9.17, 15) is 0 Å². The molecule has 0 aliphatic heterocycles. The second-order valence-corrected chi connectivity index (χ2v) is 2.21. The van der Waals surface area contributed by atoms with Crippen LogP contribution in [0.15, 0.2) is 0 Å². The maximum atomic E-state index is 6.78. The number of hydrogen-bond acceptors (Lipinski definition) is 2. The number of nitrogens with one attached hydrogen (secondary N) is 1. The smallest absolute Gasteiger partial charge is 0.0894 e. The summed E-state index contributed by atoms with van der Waals surface area (Å²) < 4.78 is 5.27. The highest BCUT2D eigenvalue weighted by atomic mass is 16.5. The summed E-state index contributed by atoms with van der Waals surface area (Å²) in [5.74, 6) is 0. The highest BCUT2D eigenvalue weighted by molar-refractivity contribution is 5.58. The van der Waals surface area contributed by atoms with Crippen LogP contribution in [0.25, 0.3) is 0 Å². The lowest BCUT2D eigenvalue weighted by Gasteiger charge is -2.03. The van der Waals surface area contributed by atoms with Gasteiger partial charge < -0.3 is 10.1 Å². The van der Waals surface area contributed by atoms with E-state index >= 15 is 0 Å². The van der Waals surface area contributed by atoms with Crippen molar-refractivity contribution < 1.29 is 4.74 Å². The van der Waals surface area contributed by atoms with Gasteiger partial charge >= 0.3 is 0 Å². The molecule has 0 amide bonds. The van der Waals surface area contributed by atoms with E-state index in [2.05, 4.69) is 0 Å². The Kier molecular flexibility index (Phi) is 1.63. The van der Waals surface area contributed by atoms with Gasteiger partial charge in [-0.25, -0.2) is 0 Å². The van der Waals surface area contributed by atoms with E-state index in [0.29, 0.717) is 6.10 Å². The molecule has 0 heterocycles. The molecular weight excluding hydrogens is 102 g/mol. The van der Waals surface area contributed by atoms with Crippen molar-refractivity contribution in [2.75, 3.05) is 0 Å². The van der Waals surface area contributed by atoms with Crippen LogP contribution in [0.1, 0.15) is 19.8 Å². The van der Waals surface area contributed by atoms with E-state index < -0.39 is 0 Å². The molecule has 1 N–H and O–H groups in total. The average molecular weight is 113 g/mol. The van der Waals surface area contributed by atoms with Crippen LogP contribution in [0.5, 0.6) is 0 Å². The first-order chi connectivity index (χ1) is 3.83. The lowest BCUT2D eigenvalue weighted by molar-refractivity contribution is 0.0977. The molecule has 0 radical (unpaired) electrons. The van der Waals surface area contributed by atoms with Crippen molar-refractivity contribution in [2.45, 2.75) is 32.0 Å². The van der Waals surface area contributed by atoms with E-state index in [1.807, 2.05) is 6.92 Å². The average Bonchev–Trinajstić information content (AvgIpc) is 2.50. The lowest BCUT2D eigenvalue weighted by atomic mass is 10.4. The first kappa shape index (κ1) is 5.76. The Morgan fingerprint density at radius 1 is 1.75 bits per heavy atom. The van der Waals surface area contributed by atoms with Crippen molar-refractivity contribution in [1.82, 2.24) is 0 Å². The molecule has 1 aliphatic rings. The zero-order valence-electron chi connectivity index (χ0n) is 5.05. The summed E-state index contributed by atoms with van der Waals surface area (Å²) in [5, 5.41) is 6.78. The highest BCUT2D eigenvalue weighted by Gasteiger charge is 2.23. The third-order valence-electron chi connectivity index (χ3n) is 1.17. The standard InChI is InChI=1S/C6H11NO/c1-5(4-7)8-6-2-3-6/h4-7H,2-3H2,1H3/t5-/m1/s1. The quantitative estimate of drug-likeness (QED) is 0.548. The van der Waals surface area contributed by atoms with E-state index in [4.69, 9.17) is 10.1 Å². The van der Waals surface area contributed by atoms with Gasteiger partial charge in [0.1, 0.15) is 0 Å². The predicted octanol–water partition coefficient (Wildman–Crippen LogP) is 1.20.